The SMILES string of the molecule is OC1CCn2nc(-c3cccc(Br)c3)nc2C1. The topological polar surface area (TPSA) is 50.9 Å². The van der Waals surface area contributed by atoms with E-state index in [0.717, 1.165) is 34.7 Å². The largest absolute Gasteiger partial charge is 0.393 e. The van der Waals surface area contributed by atoms with Crippen molar-refractivity contribution in [3.05, 3.63) is 34.6 Å². The van der Waals surface area contributed by atoms with Crippen LogP contribution >= 0.6 is 15.9 Å². The van der Waals surface area contributed by atoms with E-state index in [-0.39, 0.29) is 6.10 Å². The van der Waals surface area contributed by atoms with Crippen molar-refractivity contribution in [3.63, 3.8) is 0 Å². The lowest BCUT2D eigenvalue weighted by molar-refractivity contribution is 0.138. The van der Waals surface area contributed by atoms with Crippen LogP contribution in [0, 0.1) is 0 Å². The van der Waals surface area contributed by atoms with Gasteiger partial charge in [-0.2, -0.15) is 5.10 Å². The van der Waals surface area contributed by atoms with Crippen LogP contribution in [0.4, 0.5) is 0 Å². The van der Waals surface area contributed by atoms with Gasteiger partial charge in [0.15, 0.2) is 5.82 Å². The van der Waals surface area contributed by atoms with Crippen molar-refractivity contribution >= 4 is 15.9 Å². The van der Waals surface area contributed by atoms with Gasteiger partial charge in [-0.05, 0) is 18.6 Å². The number of aliphatic hydroxyl groups is 1. The molecule has 1 atom stereocenters. The average molecular weight is 294 g/mol. The lowest BCUT2D eigenvalue weighted by Gasteiger charge is -2.16. The zero-order chi connectivity index (χ0) is 11.8. The molecule has 17 heavy (non-hydrogen) atoms. The highest BCUT2D eigenvalue weighted by Gasteiger charge is 2.20. The number of rotatable bonds is 1. The smallest absolute Gasteiger partial charge is 0.181 e. The average Bonchev–Trinajstić information content (AvgIpc) is 2.72. The Hall–Kier alpha value is -1.20. The minimum Gasteiger partial charge on any atom is -0.393 e. The van der Waals surface area contributed by atoms with E-state index >= 15 is 0 Å². The van der Waals surface area contributed by atoms with Gasteiger partial charge in [-0.3, -0.25) is 0 Å². The number of halogens is 1. The molecule has 1 aliphatic rings. The van der Waals surface area contributed by atoms with Gasteiger partial charge >= 0.3 is 0 Å². The van der Waals surface area contributed by atoms with Gasteiger partial charge in [-0.15, -0.1) is 0 Å². The third-order valence-corrected chi connectivity index (χ3v) is 3.42. The molecular formula is C12H12BrN3O. The van der Waals surface area contributed by atoms with E-state index in [2.05, 4.69) is 26.0 Å². The zero-order valence-corrected chi connectivity index (χ0v) is 10.8. The van der Waals surface area contributed by atoms with Crippen molar-refractivity contribution < 1.29 is 5.11 Å². The second-order valence-corrected chi connectivity index (χ2v) is 5.15. The molecule has 4 nitrogen and oxygen atoms in total. The summed E-state index contributed by atoms with van der Waals surface area (Å²) in [5.41, 5.74) is 0.996. The van der Waals surface area contributed by atoms with E-state index in [1.165, 1.54) is 0 Å². The van der Waals surface area contributed by atoms with Crippen LogP contribution in [0.25, 0.3) is 11.4 Å². The summed E-state index contributed by atoms with van der Waals surface area (Å²) >= 11 is 3.44. The number of fused-ring (bicyclic) bond motifs is 1. The van der Waals surface area contributed by atoms with Crippen molar-refractivity contribution in [1.29, 1.82) is 0 Å². The van der Waals surface area contributed by atoms with Gasteiger partial charge in [0, 0.05) is 23.0 Å². The normalized spacial score (nSPS) is 19.1. The Balaban J connectivity index is 2.00. The molecule has 0 amide bonds. The molecule has 0 fully saturated rings. The maximum atomic E-state index is 9.59. The molecule has 2 aromatic rings. The van der Waals surface area contributed by atoms with E-state index in [1.54, 1.807) is 0 Å². The number of benzene rings is 1. The molecule has 2 heterocycles. The summed E-state index contributed by atoms with van der Waals surface area (Å²) in [5.74, 6) is 1.61. The highest BCUT2D eigenvalue weighted by molar-refractivity contribution is 9.10. The third kappa shape index (κ3) is 2.12. The lowest BCUT2D eigenvalue weighted by atomic mass is 10.1. The van der Waals surface area contributed by atoms with Crippen LogP contribution in [-0.2, 0) is 13.0 Å². The van der Waals surface area contributed by atoms with Crippen LogP contribution < -0.4 is 0 Å². The fourth-order valence-corrected chi connectivity index (χ4v) is 2.44. The maximum Gasteiger partial charge on any atom is 0.181 e. The summed E-state index contributed by atoms with van der Waals surface area (Å²) < 4.78 is 2.91. The first kappa shape index (κ1) is 10.9. The molecule has 1 aromatic heterocycles. The molecule has 0 saturated heterocycles. The Bertz CT molecular complexity index is 552. The van der Waals surface area contributed by atoms with Gasteiger partial charge in [0.25, 0.3) is 0 Å². The fourth-order valence-electron chi connectivity index (χ4n) is 2.04. The number of hydrogen-bond acceptors (Lipinski definition) is 3. The van der Waals surface area contributed by atoms with Crippen molar-refractivity contribution in [3.8, 4) is 11.4 Å². The molecule has 0 aliphatic carbocycles. The summed E-state index contributed by atoms with van der Waals surface area (Å²) in [6.45, 7) is 0.748. The fraction of sp³-hybridized carbons (Fsp3) is 0.333. The Morgan fingerprint density at radius 1 is 1.41 bits per heavy atom. The lowest BCUT2D eigenvalue weighted by Crippen LogP contribution is -2.23. The Morgan fingerprint density at radius 2 is 2.29 bits per heavy atom. The van der Waals surface area contributed by atoms with Crippen LogP contribution in [0.5, 0.6) is 0 Å². The number of aliphatic hydroxyl groups excluding tert-OH is 1. The summed E-state index contributed by atoms with van der Waals surface area (Å²) in [7, 11) is 0. The zero-order valence-electron chi connectivity index (χ0n) is 9.17. The van der Waals surface area contributed by atoms with Crippen molar-refractivity contribution in [2.45, 2.75) is 25.5 Å². The van der Waals surface area contributed by atoms with Crippen LogP contribution in [0.1, 0.15) is 12.2 Å². The van der Waals surface area contributed by atoms with E-state index in [1.807, 2.05) is 28.9 Å². The summed E-state index contributed by atoms with van der Waals surface area (Å²) in [4.78, 5) is 4.48. The number of aryl methyl sites for hydroxylation is 1. The van der Waals surface area contributed by atoms with Crippen LogP contribution in [0.2, 0.25) is 0 Å². The predicted octanol–water partition coefficient (Wildman–Crippen LogP) is 2.01. The molecule has 1 aromatic carbocycles. The van der Waals surface area contributed by atoms with Gasteiger partial charge in [0.05, 0.1) is 6.10 Å². The highest BCUT2D eigenvalue weighted by Crippen LogP contribution is 2.22. The molecule has 1 unspecified atom stereocenters. The summed E-state index contributed by atoms with van der Waals surface area (Å²) in [5, 5.41) is 14.1. The molecule has 3 rings (SSSR count). The monoisotopic (exact) mass is 293 g/mol. The Kier molecular flexibility index (Phi) is 2.72. The highest BCUT2D eigenvalue weighted by atomic mass is 79.9. The quantitative estimate of drug-likeness (QED) is 0.875. The Labute approximate surface area is 107 Å². The molecule has 1 N–H and O–H groups in total. The summed E-state index contributed by atoms with van der Waals surface area (Å²) in [6.07, 6.45) is 1.08. The molecule has 0 spiro atoms. The molecular weight excluding hydrogens is 282 g/mol. The third-order valence-electron chi connectivity index (χ3n) is 2.92. The maximum absolute atomic E-state index is 9.59. The van der Waals surface area contributed by atoms with E-state index in [0.29, 0.717) is 6.42 Å². The van der Waals surface area contributed by atoms with Crippen molar-refractivity contribution in [2.75, 3.05) is 0 Å². The second kappa shape index (κ2) is 4.23. The molecule has 0 bridgehead atoms. The molecule has 88 valence electrons. The second-order valence-electron chi connectivity index (χ2n) is 4.23. The van der Waals surface area contributed by atoms with Crippen LogP contribution in [0.15, 0.2) is 28.7 Å². The molecule has 0 radical (unpaired) electrons. The first-order chi connectivity index (χ1) is 8.22. The molecule has 1 aliphatic heterocycles. The first-order valence-corrected chi connectivity index (χ1v) is 6.39. The number of nitrogens with zero attached hydrogens (tertiary/aromatic N) is 3. The van der Waals surface area contributed by atoms with E-state index in [9.17, 15) is 5.11 Å². The molecule has 5 heteroatoms. The minimum atomic E-state index is -0.276. The summed E-state index contributed by atoms with van der Waals surface area (Å²) in [6, 6.07) is 7.93. The van der Waals surface area contributed by atoms with Gasteiger partial charge in [-0.25, -0.2) is 9.67 Å². The van der Waals surface area contributed by atoms with Crippen LogP contribution in [0.3, 0.4) is 0 Å². The predicted molar refractivity (Wildman–Crippen MR) is 67.5 cm³/mol. The minimum absolute atomic E-state index is 0.276. The van der Waals surface area contributed by atoms with Crippen LogP contribution in [-0.4, -0.2) is 26.0 Å². The number of hydrogen-bond donors (Lipinski definition) is 1. The van der Waals surface area contributed by atoms with E-state index < -0.39 is 0 Å². The van der Waals surface area contributed by atoms with Gasteiger partial charge < -0.3 is 5.11 Å². The molecule has 0 saturated carbocycles. The van der Waals surface area contributed by atoms with E-state index in [4.69, 9.17) is 0 Å². The van der Waals surface area contributed by atoms with Gasteiger partial charge in [0.2, 0.25) is 0 Å². The van der Waals surface area contributed by atoms with Gasteiger partial charge in [-0.1, -0.05) is 28.1 Å². The van der Waals surface area contributed by atoms with Crippen molar-refractivity contribution in [1.82, 2.24) is 14.8 Å². The standard InChI is InChI=1S/C12H12BrN3O/c13-9-3-1-2-8(6-9)12-14-11-7-10(17)4-5-16(11)15-12/h1-3,6,10,17H,4-5,7H2. The number of aromatic nitrogens is 3. The van der Waals surface area contributed by atoms with Gasteiger partial charge in [0.1, 0.15) is 5.82 Å². The van der Waals surface area contributed by atoms with Crippen molar-refractivity contribution in [2.24, 2.45) is 0 Å². The Morgan fingerprint density at radius 3 is 3.12 bits per heavy atom. The first-order valence-electron chi connectivity index (χ1n) is 5.60.